The third kappa shape index (κ3) is 3.67. The number of anilines is 1. The molecule has 0 aliphatic carbocycles. The van der Waals surface area contributed by atoms with Gasteiger partial charge >= 0.3 is 0 Å². The van der Waals surface area contributed by atoms with E-state index in [0.29, 0.717) is 26.1 Å². The van der Waals surface area contributed by atoms with Crippen LogP contribution in [-0.4, -0.2) is 33.0 Å². The molecule has 1 fully saturated rings. The molecule has 178 valence electrons. The van der Waals surface area contributed by atoms with Crippen molar-refractivity contribution >= 4 is 17.3 Å². The zero-order valence-corrected chi connectivity index (χ0v) is 19.0. The number of nitrogens with one attached hydrogen (secondary N) is 1. The first kappa shape index (κ1) is 21.5. The number of hydrogen-bond acceptors (Lipinski definition) is 6. The first-order chi connectivity index (χ1) is 17.0. The number of benzene rings is 1. The molecular formula is C26H25N5O4. The van der Waals surface area contributed by atoms with Crippen LogP contribution in [0, 0.1) is 22.0 Å². The Hall–Kier alpha value is -4.01. The second kappa shape index (κ2) is 8.33. The molecule has 4 unspecified atom stereocenters. The Kier molecular flexibility index (Phi) is 5.12. The van der Waals surface area contributed by atoms with Crippen LogP contribution in [0.25, 0.3) is 0 Å². The van der Waals surface area contributed by atoms with Crippen LogP contribution < -0.4 is 15.8 Å². The van der Waals surface area contributed by atoms with E-state index >= 15 is 0 Å². The molecule has 1 saturated heterocycles. The molecule has 2 aromatic heterocycles. The number of carbonyl (C=O) groups is 1. The lowest BCUT2D eigenvalue weighted by Crippen LogP contribution is -2.61. The largest absolute Gasteiger partial charge is 0.366 e. The number of aromatic nitrogens is 2. The highest BCUT2D eigenvalue weighted by Crippen LogP contribution is 2.47. The summed E-state index contributed by atoms with van der Waals surface area (Å²) in [6.45, 7) is 1.61. The van der Waals surface area contributed by atoms with Crippen LogP contribution in [0.2, 0.25) is 0 Å². The standard InChI is InChI=1S/C26H25N5O4/c32-24-5-1-4-22-18-9-19(15-29(22)24)25-21(26(33)28-13-16-3-2-8-27-12-16)11-17-10-20(31(34)35)6-7-23(17)30(25)14-18/h1-8,10,12,18-19,21,25H,9,11,13-15H2,(H,28,33). The highest BCUT2D eigenvalue weighted by Gasteiger charge is 2.49. The number of rotatable bonds is 4. The van der Waals surface area contributed by atoms with Gasteiger partial charge in [-0.25, -0.2) is 0 Å². The second-order valence-corrected chi connectivity index (χ2v) is 9.69. The van der Waals surface area contributed by atoms with Crippen molar-refractivity contribution in [2.75, 3.05) is 11.4 Å². The molecule has 4 atom stereocenters. The number of fused-ring (bicyclic) bond motifs is 8. The third-order valence-corrected chi connectivity index (χ3v) is 7.73. The summed E-state index contributed by atoms with van der Waals surface area (Å²) in [6.07, 6.45) is 4.76. The quantitative estimate of drug-likeness (QED) is 0.463. The SMILES string of the molecule is O=C(NCc1cccnc1)C1Cc2cc([N+](=O)[O-])ccc2N2CC3CC(Cn4c3cccc4=O)C12. The van der Waals surface area contributed by atoms with Crippen LogP contribution in [0.5, 0.6) is 0 Å². The molecule has 1 amide bonds. The molecule has 3 aromatic rings. The Bertz CT molecular complexity index is 1370. The van der Waals surface area contributed by atoms with E-state index in [-0.39, 0.29) is 40.9 Å². The first-order valence-corrected chi connectivity index (χ1v) is 11.9. The topological polar surface area (TPSA) is 110 Å². The van der Waals surface area contributed by atoms with Crippen molar-refractivity contribution in [2.24, 2.45) is 11.8 Å². The predicted molar refractivity (Wildman–Crippen MR) is 129 cm³/mol. The fourth-order valence-corrected chi connectivity index (χ4v) is 6.27. The second-order valence-electron chi connectivity index (χ2n) is 9.69. The van der Waals surface area contributed by atoms with Gasteiger partial charge in [0.25, 0.3) is 11.2 Å². The smallest absolute Gasteiger partial charge is 0.269 e. The molecular weight excluding hydrogens is 446 g/mol. The maximum atomic E-state index is 13.6. The molecule has 2 bridgehead atoms. The Morgan fingerprint density at radius 2 is 2.06 bits per heavy atom. The number of piperidine rings is 1. The van der Waals surface area contributed by atoms with E-state index in [4.69, 9.17) is 0 Å². The zero-order chi connectivity index (χ0) is 24.1. The van der Waals surface area contributed by atoms with Crippen LogP contribution >= 0.6 is 0 Å². The summed E-state index contributed by atoms with van der Waals surface area (Å²) in [6, 6.07) is 14.0. The normalized spacial score (nSPS) is 24.1. The molecule has 3 aliphatic rings. The van der Waals surface area contributed by atoms with Gasteiger partial charge in [-0.1, -0.05) is 12.1 Å². The summed E-state index contributed by atoms with van der Waals surface area (Å²) in [7, 11) is 0. The summed E-state index contributed by atoms with van der Waals surface area (Å²) in [5, 5.41) is 14.5. The van der Waals surface area contributed by atoms with Gasteiger partial charge in [-0.15, -0.1) is 0 Å². The van der Waals surface area contributed by atoms with E-state index in [9.17, 15) is 19.7 Å². The third-order valence-electron chi connectivity index (χ3n) is 7.73. The first-order valence-electron chi connectivity index (χ1n) is 11.9. The van der Waals surface area contributed by atoms with E-state index in [2.05, 4.69) is 15.2 Å². The van der Waals surface area contributed by atoms with Gasteiger partial charge in [-0.3, -0.25) is 24.7 Å². The molecule has 0 saturated carbocycles. The highest BCUT2D eigenvalue weighted by molar-refractivity contribution is 5.82. The van der Waals surface area contributed by atoms with Crippen LogP contribution in [-0.2, 0) is 24.3 Å². The Morgan fingerprint density at radius 3 is 2.86 bits per heavy atom. The Morgan fingerprint density at radius 1 is 1.17 bits per heavy atom. The monoisotopic (exact) mass is 471 g/mol. The Balaban J connectivity index is 1.38. The maximum Gasteiger partial charge on any atom is 0.269 e. The lowest BCUT2D eigenvalue weighted by molar-refractivity contribution is -0.384. The fraction of sp³-hybridized carbons (Fsp3) is 0.346. The number of carbonyl (C=O) groups excluding carboxylic acids is 1. The van der Waals surface area contributed by atoms with E-state index < -0.39 is 4.92 Å². The summed E-state index contributed by atoms with van der Waals surface area (Å²) >= 11 is 0. The highest BCUT2D eigenvalue weighted by atomic mass is 16.6. The van der Waals surface area contributed by atoms with Gasteiger partial charge in [0.2, 0.25) is 5.91 Å². The minimum Gasteiger partial charge on any atom is -0.366 e. The number of amides is 1. The number of pyridine rings is 2. The summed E-state index contributed by atoms with van der Waals surface area (Å²) in [5.74, 6) is -0.170. The summed E-state index contributed by atoms with van der Waals surface area (Å²) in [4.78, 5) is 43.6. The van der Waals surface area contributed by atoms with Crippen LogP contribution in [0.4, 0.5) is 11.4 Å². The molecule has 9 heteroatoms. The van der Waals surface area contributed by atoms with Gasteiger partial charge in [-0.05, 0) is 48.1 Å². The zero-order valence-electron chi connectivity index (χ0n) is 19.0. The average Bonchev–Trinajstić information content (AvgIpc) is 2.87. The molecule has 9 nitrogen and oxygen atoms in total. The Labute approximate surface area is 201 Å². The summed E-state index contributed by atoms with van der Waals surface area (Å²) < 4.78 is 1.87. The van der Waals surface area contributed by atoms with Gasteiger partial charge < -0.3 is 14.8 Å². The van der Waals surface area contributed by atoms with Crippen LogP contribution in [0.1, 0.15) is 29.2 Å². The van der Waals surface area contributed by atoms with Gasteiger partial charge in [-0.2, -0.15) is 0 Å². The van der Waals surface area contributed by atoms with Crippen molar-refractivity contribution in [1.82, 2.24) is 14.9 Å². The number of nitrogens with zero attached hydrogens (tertiary/aromatic N) is 4. The van der Waals surface area contributed by atoms with Gasteiger partial charge in [0.05, 0.1) is 10.8 Å². The minimum absolute atomic E-state index is 0.00457. The molecule has 1 N–H and O–H groups in total. The van der Waals surface area contributed by atoms with Crippen molar-refractivity contribution in [2.45, 2.75) is 37.9 Å². The molecule has 6 rings (SSSR count). The lowest BCUT2D eigenvalue weighted by atomic mass is 9.70. The van der Waals surface area contributed by atoms with Crippen molar-refractivity contribution in [3.8, 4) is 0 Å². The molecule has 0 radical (unpaired) electrons. The van der Waals surface area contributed by atoms with Gasteiger partial charge in [0.15, 0.2) is 0 Å². The number of hydrogen-bond donors (Lipinski definition) is 1. The van der Waals surface area contributed by atoms with Crippen LogP contribution in [0.3, 0.4) is 0 Å². The average molecular weight is 472 g/mol. The number of nitro groups is 1. The van der Waals surface area contributed by atoms with Crippen molar-refractivity contribution in [3.63, 3.8) is 0 Å². The molecule has 35 heavy (non-hydrogen) atoms. The van der Waals surface area contributed by atoms with E-state index in [1.807, 2.05) is 34.9 Å². The van der Waals surface area contributed by atoms with Crippen molar-refractivity contribution < 1.29 is 9.72 Å². The lowest BCUT2D eigenvalue weighted by Gasteiger charge is -2.54. The van der Waals surface area contributed by atoms with Crippen molar-refractivity contribution in [1.29, 1.82) is 0 Å². The van der Waals surface area contributed by atoms with Crippen molar-refractivity contribution in [3.05, 3.63) is 98.2 Å². The molecule has 3 aliphatic heterocycles. The van der Waals surface area contributed by atoms with Gasteiger partial charge in [0.1, 0.15) is 0 Å². The van der Waals surface area contributed by atoms with Crippen LogP contribution in [0.15, 0.2) is 65.7 Å². The van der Waals surface area contributed by atoms with E-state index in [1.54, 1.807) is 30.6 Å². The van der Waals surface area contributed by atoms with E-state index in [0.717, 1.165) is 28.9 Å². The van der Waals surface area contributed by atoms with E-state index in [1.165, 1.54) is 0 Å². The predicted octanol–water partition coefficient (Wildman–Crippen LogP) is 2.63. The summed E-state index contributed by atoms with van der Waals surface area (Å²) in [5.41, 5.74) is 3.74. The minimum atomic E-state index is -0.391. The number of non-ortho nitro benzene ring substituents is 1. The van der Waals surface area contributed by atoms with Gasteiger partial charge in [0, 0.05) is 73.6 Å². The fourth-order valence-electron chi connectivity index (χ4n) is 6.27. The molecule has 1 aromatic carbocycles. The number of nitro benzene ring substituents is 1. The molecule has 5 heterocycles. The maximum absolute atomic E-state index is 13.6. The molecule has 0 spiro atoms.